The standard InChI is InChI=1S/C18H18N2O4S/c1-22-12-7-8-15(23-2)13(11-12)19-17(21)9-10-20-14-5-3-4-6-16(14)24-18(20)25/h3-8,11H,9-10H2,1-2H3,(H,19,21). The summed E-state index contributed by atoms with van der Waals surface area (Å²) >= 11 is 5.24. The number of hydrogen-bond acceptors (Lipinski definition) is 5. The fourth-order valence-electron chi connectivity index (χ4n) is 2.56. The van der Waals surface area contributed by atoms with Gasteiger partial charge in [-0.05, 0) is 36.5 Å². The topological polar surface area (TPSA) is 65.6 Å². The quantitative estimate of drug-likeness (QED) is 0.675. The van der Waals surface area contributed by atoms with Crippen molar-refractivity contribution in [2.75, 3.05) is 19.5 Å². The largest absolute Gasteiger partial charge is 0.497 e. The summed E-state index contributed by atoms with van der Waals surface area (Å²) in [5, 5.41) is 2.84. The van der Waals surface area contributed by atoms with Crippen LogP contribution in [0.4, 0.5) is 5.69 Å². The maximum Gasteiger partial charge on any atom is 0.269 e. The minimum Gasteiger partial charge on any atom is -0.497 e. The van der Waals surface area contributed by atoms with Crippen LogP contribution in [0.25, 0.3) is 11.1 Å². The molecule has 1 N–H and O–H groups in total. The second kappa shape index (κ2) is 7.40. The minimum absolute atomic E-state index is 0.154. The van der Waals surface area contributed by atoms with Crippen LogP contribution in [0, 0.1) is 4.84 Å². The Kier molecular flexibility index (Phi) is 5.04. The Bertz CT molecular complexity index is 961. The number of amides is 1. The molecule has 1 amide bonds. The van der Waals surface area contributed by atoms with Crippen molar-refractivity contribution in [2.24, 2.45) is 0 Å². The van der Waals surface area contributed by atoms with E-state index in [0.717, 1.165) is 5.52 Å². The number of methoxy groups -OCH3 is 2. The zero-order chi connectivity index (χ0) is 17.8. The van der Waals surface area contributed by atoms with E-state index >= 15 is 0 Å². The SMILES string of the molecule is COc1ccc(OC)c(NC(=O)CCn2c(=S)oc3ccccc32)c1. The van der Waals surface area contributed by atoms with Gasteiger partial charge in [-0.3, -0.25) is 9.36 Å². The van der Waals surface area contributed by atoms with Crippen molar-refractivity contribution in [1.82, 2.24) is 4.57 Å². The molecule has 25 heavy (non-hydrogen) atoms. The van der Waals surface area contributed by atoms with Crippen molar-refractivity contribution >= 4 is 34.9 Å². The van der Waals surface area contributed by atoms with Crippen LogP contribution >= 0.6 is 12.2 Å². The van der Waals surface area contributed by atoms with Crippen LogP contribution in [0.15, 0.2) is 46.9 Å². The minimum atomic E-state index is -0.154. The number of aromatic nitrogens is 1. The molecule has 1 heterocycles. The highest BCUT2D eigenvalue weighted by molar-refractivity contribution is 7.71. The highest BCUT2D eigenvalue weighted by Crippen LogP contribution is 2.29. The number of hydrogen-bond donors (Lipinski definition) is 1. The zero-order valence-corrected chi connectivity index (χ0v) is 14.8. The second-order valence-corrected chi connectivity index (χ2v) is 5.70. The van der Waals surface area contributed by atoms with Crippen molar-refractivity contribution in [3.8, 4) is 11.5 Å². The summed E-state index contributed by atoms with van der Waals surface area (Å²) in [5.41, 5.74) is 2.15. The summed E-state index contributed by atoms with van der Waals surface area (Å²) in [7, 11) is 3.12. The molecule has 3 rings (SSSR count). The van der Waals surface area contributed by atoms with Crippen LogP contribution in [0.3, 0.4) is 0 Å². The summed E-state index contributed by atoms with van der Waals surface area (Å²) in [4.78, 5) is 12.7. The highest BCUT2D eigenvalue weighted by atomic mass is 32.1. The number of anilines is 1. The van der Waals surface area contributed by atoms with Gasteiger partial charge in [0.25, 0.3) is 4.84 Å². The molecular weight excluding hydrogens is 340 g/mol. The summed E-state index contributed by atoms with van der Waals surface area (Å²) < 4.78 is 17.8. The van der Waals surface area contributed by atoms with E-state index < -0.39 is 0 Å². The molecule has 0 bridgehead atoms. The number of nitrogens with zero attached hydrogens (tertiary/aromatic N) is 1. The summed E-state index contributed by atoms with van der Waals surface area (Å²) in [6, 6.07) is 12.8. The van der Waals surface area contributed by atoms with Gasteiger partial charge in [0.15, 0.2) is 5.58 Å². The van der Waals surface area contributed by atoms with Gasteiger partial charge < -0.3 is 19.2 Å². The number of para-hydroxylation sites is 2. The first kappa shape index (κ1) is 17.0. The Labute approximate surface area is 150 Å². The van der Waals surface area contributed by atoms with Crippen molar-refractivity contribution in [3.63, 3.8) is 0 Å². The van der Waals surface area contributed by atoms with E-state index in [2.05, 4.69) is 5.32 Å². The monoisotopic (exact) mass is 358 g/mol. The highest BCUT2D eigenvalue weighted by Gasteiger charge is 2.11. The predicted molar refractivity (Wildman–Crippen MR) is 97.8 cm³/mol. The Morgan fingerprint density at radius 2 is 2.00 bits per heavy atom. The average molecular weight is 358 g/mol. The van der Waals surface area contributed by atoms with Gasteiger partial charge in [-0.25, -0.2) is 0 Å². The van der Waals surface area contributed by atoms with Crippen molar-refractivity contribution in [3.05, 3.63) is 47.3 Å². The number of fused-ring (bicyclic) bond motifs is 1. The smallest absolute Gasteiger partial charge is 0.269 e. The first-order valence-electron chi connectivity index (χ1n) is 7.72. The Balaban J connectivity index is 1.73. The molecule has 0 aliphatic carbocycles. The van der Waals surface area contributed by atoms with E-state index in [1.165, 1.54) is 0 Å². The Morgan fingerprint density at radius 1 is 1.20 bits per heavy atom. The van der Waals surface area contributed by atoms with Crippen LogP contribution in [0.5, 0.6) is 11.5 Å². The van der Waals surface area contributed by atoms with Gasteiger partial charge in [-0.2, -0.15) is 0 Å². The van der Waals surface area contributed by atoms with Crippen LogP contribution in [-0.2, 0) is 11.3 Å². The molecule has 3 aromatic rings. The first-order valence-corrected chi connectivity index (χ1v) is 8.13. The fourth-order valence-corrected chi connectivity index (χ4v) is 2.84. The van der Waals surface area contributed by atoms with Gasteiger partial charge in [0.05, 0.1) is 25.4 Å². The molecule has 0 saturated heterocycles. The third-order valence-corrected chi connectivity index (χ3v) is 4.12. The van der Waals surface area contributed by atoms with Gasteiger partial charge in [-0.1, -0.05) is 12.1 Å². The molecule has 7 heteroatoms. The van der Waals surface area contributed by atoms with Crippen molar-refractivity contribution in [1.29, 1.82) is 0 Å². The maximum absolute atomic E-state index is 12.3. The zero-order valence-electron chi connectivity index (χ0n) is 13.9. The van der Waals surface area contributed by atoms with Crippen LogP contribution in [0.2, 0.25) is 0 Å². The Hall–Kier alpha value is -2.80. The lowest BCUT2D eigenvalue weighted by Crippen LogP contribution is -2.15. The maximum atomic E-state index is 12.3. The molecule has 0 aliphatic rings. The number of nitrogens with one attached hydrogen (secondary N) is 1. The third kappa shape index (κ3) is 3.66. The molecule has 0 saturated carbocycles. The third-order valence-electron chi connectivity index (χ3n) is 3.82. The van der Waals surface area contributed by atoms with Gasteiger partial charge in [0.1, 0.15) is 11.5 Å². The van der Waals surface area contributed by atoms with Crippen molar-refractivity contribution < 1.29 is 18.7 Å². The summed E-state index contributed by atoms with van der Waals surface area (Å²) in [6.07, 6.45) is 0.248. The number of aryl methyl sites for hydroxylation is 1. The molecule has 6 nitrogen and oxygen atoms in total. The molecule has 0 unspecified atom stereocenters. The molecule has 0 spiro atoms. The van der Waals surface area contributed by atoms with Crippen LogP contribution in [0.1, 0.15) is 6.42 Å². The molecular formula is C18H18N2O4S. The lowest BCUT2D eigenvalue weighted by Gasteiger charge is -2.12. The van der Waals surface area contributed by atoms with Gasteiger partial charge >= 0.3 is 0 Å². The fraction of sp³-hybridized carbons (Fsp3) is 0.222. The van der Waals surface area contributed by atoms with E-state index in [0.29, 0.717) is 34.2 Å². The van der Waals surface area contributed by atoms with E-state index in [1.807, 2.05) is 28.8 Å². The number of ether oxygens (including phenoxy) is 2. The summed E-state index contributed by atoms with van der Waals surface area (Å²) in [6.45, 7) is 0.425. The van der Waals surface area contributed by atoms with E-state index in [1.54, 1.807) is 32.4 Å². The van der Waals surface area contributed by atoms with Crippen LogP contribution in [-0.4, -0.2) is 24.7 Å². The second-order valence-electron chi connectivity index (χ2n) is 5.35. The lowest BCUT2D eigenvalue weighted by atomic mass is 10.2. The molecule has 130 valence electrons. The van der Waals surface area contributed by atoms with Gasteiger partial charge in [-0.15, -0.1) is 0 Å². The molecule has 2 aromatic carbocycles. The van der Waals surface area contributed by atoms with E-state index in [9.17, 15) is 4.79 Å². The number of rotatable bonds is 6. The lowest BCUT2D eigenvalue weighted by molar-refractivity contribution is -0.116. The predicted octanol–water partition coefficient (Wildman–Crippen LogP) is 4.01. The number of carbonyl (C=O) groups is 1. The number of benzene rings is 2. The number of oxazole rings is 1. The molecule has 0 fully saturated rings. The molecule has 1 aromatic heterocycles. The first-order chi connectivity index (χ1) is 12.1. The summed E-state index contributed by atoms with van der Waals surface area (Å²) in [5.74, 6) is 1.05. The Morgan fingerprint density at radius 3 is 2.76 bits per heavy atom. The van der Waals surface area contributed by atoms with Gasteiger partial charge in [0.2, 0.25) is 5.91 Å². The molecule has 0 aliphatic heterocycles. The van der Waals surface area contributed by atoms with Crippen LogP contribution < -0.4 is 14.8 Å². The molecule has 0 radical (unpaired) electrons. The van der Waals surface area contributed by atoms with Crippen molar-refractivity contribution in [2.45, 2.75) is 13.0 Å². The van der Waals surface area contributed by atoms with E-state index in [4.69, 9.17) is 26.1 Å². The van der Waals surface area contributed by atoms with Gasteiger partial charge in [0, 0.05) is 19.0 Å². The average Bonchev–Trinajstić information content (AvgIpc) is 2.95. The van der Waals surface area contributed by atoms with E-state index in [-0.39, 0.29) is 12.3 Å². The molecule has 0 atom stereocenters. The number of carbonyl (C=O) groups excluding carboxylic acids is 1. The normalized spacial score (nSPS) is 10.6.